The summed E-state index contributed by atoms with van der Waals surface area (Å²) in [5.41, 5.74) is 0.587. The predicted molar refractivity (Wildman–Crippen MR) is 91.6 cm³/mol. The van der Waals surface area contributed by atoms with Crippen molar-refractivity contribution >= 4 is 27.3 Å². The zero-order valence-corrected chi connectivity index (χ0v) is 14.7. The van der Waals surface area contributed by atoms with Gasteiger partial charge in [-0.15, -0.1) is 0 Å². The van der Waals surface area contributed by atoms with E-state index in [9.17, 15) is 13.2 Å². The van der Waals surface area contributed by atoms with Crippen molar-refractivity contribution in [3.8, 4) is 0 Å². The first-order valence-electron chi connectivity index (χ1n) is 8.25. The van der Waals surface area contributed by atoms with Gasteiger partial charge in [0.2, 0.25) is 0 Å². The van der Waals surface area contributed by atoms with E-state index in [1.165, 1.54) is 6.42 Å². The first kappa shape index (κ1) is 16.8. The highest BCUT2D eigenvalue weighted by Crippen LogP contribution is 2.30. The van der Waals surface area contributed by atoms with Gasteiger partial charge in [0.1, 0.15) is 0 Å². The third kappa shape index (κ3) is 3.89. The molecule has 2 fully saturated rings. The lowest BCUT2D eigenvalue weighted by molar-refractivity contribution is 0.0542. The molecule has 126 valence electrons. The highest BCUT2D eigenvalue weighted by atomic mass is 35.5. The van der Waals surface area contributed by atoms with E-state index in [1.807, 2.05) is 4.90 Å². The number of hydrogen-bond donors (Lipinski definition) is 0. The number of hydrogen-bond acceptors (Lipinski definition) is 3. The number of halogens is 1. The molecule has 0 spiro atoms. The van der Waals surface area contributed by atoms with Crippen molar-refractivity contribution in [1.29, 1.82) is 0 Å². The van der Waals surface area contributed by atoms with Crippen LogP contribution in [-0.2, 0) is 9.84 Å². The summed E-state index contributed by atoms with van der Waals surface area (Å²) in [5.74, 6) is 0.230. The minimum atomic E-state index is -3.02. The average Bonchev–Trinajstić information content (AvgIpc) is 2.89. The Kier molecular flexibility index (Phi) is 4.97. The van der Waals surface area contributed by atoms with Crippen LogP contribution in [0.2, 0.25) is 5.02 Å². The number of benzene rings is 1. The number of amides is 1. The molecule has 23 heavy (non-hydrogen) atoms. The Morgan fingerprint density at radius 2 is 1.65 bits per heavy atom. The summed E-state index contributed by atoms with van der Waals surface area (Å²) in [6.45, 7) is 0. The van der Waals surface area contributed by atoms with Crippen molar-refractivity contribution in [2.24, 2.45) is 0 Å². The third-order valence-electron chi connectivity index (χ3n) is 4.90. The van der Waals surface area contributed by atoms with Crippen LogP contribution < -0.4 is 0 Å². The second kappa shape index (κ2) is 6.81. The lowest BCUT2D eigenvalue weighted by Crippen LogP contribution is -2.48. The Morgan fingerprint density at radius 1 is 1.00 bits per heavy atom. The van der Waals surface area contributed by atoms with Crippen molar-refractivity contribution in [3.05, 3.63) is 34.9 Å². The number of carbonyl (C=O) groups is 1. The third-order valence-corrected chi connectivity index (χ3v) is 6.90. The van der Waals surface area contributed by atoms with Crippen LogP contribution in [0.3, 0.4) is 0 Å². The van der Waals surface area contributed by atoms with E-state index in [4.69, 9.17) is 11.6 Å². The summed E-state index contributed by atoms with van der Waals surface area (Å²) >= 11 is 5.90. The molecule has 4 nitrogen and oxygen atoms in total. The lowest BCUT2D eigenvalue weighted by Gasteiger charge is -2.38. The quantitative estimate of drug-likeness (QED) is 0.835. The molecular formula is C17H22ClNO3S. The average molecular weight is 356 g/mol. The van der Waals surface area contributed by atoms with E-state index in [2.05, 4.69) is 0 Å². The van der Waals surface area contributed by atoms with Crippen molar-refractivity contribution in [2.75, 3.05) is 11.5 Å². The second-order valence-electron chi connectivity index (χ2n) is 6.57. The molecular weight excluding hydrogens is 334 g/mol. The van der Waals surface area contributed by atoms with Gasteiger partial charge < -0.3 is 4.90 Å². The number of nitrogens with zero attached hydrogens (tertiary/aromatic N) is 1. The molecule has 1 unspecified atom stereocenters. The van der Waals surface area contributed by atoms with Crippen LogP contribution in [0.1, 0.15) is 48.9 Å². The maximum absolute atomic E-state index is 13.0. The van der Waals surface area contributed by atoms with Gasteiger partial charge in [-0.25, -0.2) is 8.42 Å². The lowest BCUT2D eigenvalue weighted by atomic mass is 9.92. The molecule has 1 aliphatic heterocycles. The molecule has 3 rings (SSSR count). The minimum Gasteiger partial charge on any atom is -0.332 e. The molecule has 1 atom stereocenters. The van der Waals surface area contributed by atoms with Crippen LogP contribution in [0.4, 0.5) is 0 Å². The van der Waals surface area contributed by atoms with Crippen molar-refractivity contribution in [3.63, 3.8) is 0 Å². The van der Waals surface area contributed by atoms with Gasteiger partial charge >= 0.3 is 0 Å². The minimum absolute atomic E-state index is 0.0596. The monoisotopic (exact) mass is 355 g/mol. The first-order chi connectivity index (χ1) is 11.0. The van der Waals surface area contributed by atoms with Gasteiger partial charge in [0.25, 0.3) is 5.91 Å². The van der Waals surface area contributed by atoms with Gasteiger partial charge in [-0.3, -0.25) is 4.79 Å². The van der Waals surface area contributed by atoms with Crippen LogP contribution in [0, 0.1) is 0 Å². The van der Waals surface area contributed by atoms with Gasteiger partial charge in [0, 0.05) is 22.7 Å². The molecule has 1 aromatic carbocycles. The Labute approximate surface area is 142 Å². The van der Waals surface area contributed by atoms with Crippen molar-refractivity contribution in [2.45, 2.75) is 50.6 Å². The molecule has 1 saturated carbocycles. The number of sulfone groups is 1. The zero-order chi connectivity index (χ0) is 16.4. The fourth-order valence-electron chi connectivity index (χ4n) is 3.73. The molecule has 6 heteroatoms. The van der Waals surface area contributed by atoms with Crippen LogP contribution in [0.15, 0.2) is 24.3 Å². The highest BCUT2D eigenvalue weighted by Gasteiger charge is 2.38. The molecule has 1 aliphatic carbocycles. The number of rotatable bonds is 3. The summed E-state index contributed by atoms with van der Waals surface area (Å²) < 4.78 is 23.8. The Bertz CT molecular complexity index is 666. The highest BCUT2D eigenvalue weighted by molar-refractivity contribution is 7.91. The van der Waals surface area contributed by atoms with E-state index >= 15 is 0 Å². The fourth-order valence-corrected chi connectivity index (χ4v) is 5.56. The van der Waals surface area contributed by atoms with Crippen molar-refractivity contribution in [1.82, 2.24) is 4.90 Å². The largest absolute Gasteiger partial charge is 0.332 e. The summed E-state index contributed by atoms with van der Waals surface area (Å²) in [7, 11) is -3.02. The van der Waals surface area contributed by atoms with E-state index in [0.717, 1.165) is 25.7 Å². The molecule has 0 radical (unpaired) electrons. The van der Waals surface area contributed by atoms with Crippen LogP contribution in [-0.4, -0.2) is 42.8 Å². The normalized spacial score (nSPS) is 24.5. The smallest absolute Gasteiger partial charge is 0.254 e. The standard InChI is InChI=1S/C17H22ClNO3S/c18-14-8-6-13(7-9-14)17(20)19(15-4-2-1-3-5-15)16-10-11-23(21,22)12-16/h6-9,15-16H,1-5,10-12H2. The fraction of sp³-hybridized carbons (Fsp3) is 0.588. The first-order valence-corrected chi connectivity index (χ1v) is 10.4. The van der Waals surface area contributed by atoms with E-state index in [-0.39, 0.29) is 29.5 Å². The molecule has 1 saturated heterocycles. The molecule has 1 amide bonds. The molecule has 1 aromatic rings. The van der Waals surface area contributed by atoms with Gasteiger partial charge in [0.15, 0.2) is 9.84 Å². The van der Waals surface area contributed by atoms with E-state index in [0.29, 0.717) is 17.0 Å². The van der Waals surface area contributed by atoms with Gasteiger partial charge in [-0.2, -0.15) is 0 Å². The predicted octanol–water partition coefficient (Wildman–Crippen LogP) is 3.30. The molecule has 0 bridgehead atoms. The zero-order valence-electron chi connectivity index (χ0n) is 13.1. The van der Waals surface area contributed by atoms with Crippen molar-refractivity contribution < 1.29 is 13.2 Å². The van der Waals surface area contributed by atoms with Gasteiger partial charge in [-0.1, -0.05) is 30.9 Å². The van der Waals surface area contributed by atoms with Crippen LogP contribution in [0.25, 0.3) is 0 Å². The summed E-state index contributed by atoms with van der Waals surface area (Å²) in [4.78, 5) is 14.9. The van der Waals surface area contributed by atoms with E-state index < -0.39 is 9.84 Å². The molecule has 1 heterocycles. The SMILES string of the molecule is O=C(c1ccc(Cl)cc1)N(C1CCCCC1)C1CCS(=O)(=O)C1. The summed E-state index contributed by atoms with van der Waals surface area (Å²) in [6.07, 6.45) is 5.90. The Balaban J connectivity index is 1.87. The van der Waals surface area contributed by atoms with E-state index in [1.54, 1.807) is 24.3 Å². The summed E-state index contributed by atoms with van der Waals surface area (Å²) in [6, 6.07) is 6.84. The Hall–Kier alpha value is -1.07. The maximum atomic E-state index is 13.0. The molecule has 0 aromatic heterocycles. The Morgan fingerprint density at radius 3 is 2.22 bits per heavy atom. The topological polar surface area (TPSA) is 54.5 Å². The van der Waals surface area contributed by atoms with Gasteiger partial charge in [-0.05, 0) is 43.5 Å². The van der Waals surface area contributed by atoms with Crippen LogP contribution in [0.5, 0.6) is 0 Å². The number of carbonyl (C=O) groups excluding carboxylic acids is 1. The molecule has 2 aliphatic rings. The summed E-state index contributed by atoms with van der Waals surface area (Å²) in [5, 5.41) is 0.592. The maximum Gasteiger partial charge on any atom is 0.254 e. The van der Waals surface area contributed by atoms with Crippen LogP contribution >= 0.6 is 11.6 Å². The van der Waals surface area contributed by atoms with Gasteiger partial charge in [0.05, 0.1) is 11.5 Å². The second-order valence-corrected chi connectivity index (χ2v) is 9.23. The molecule has 0 N–H and O–H groups in total.